The summed E-state index contributed by atoms with van der Waals surface area (Å²) in [6, 6.07) is 24.8. The molecule has 0 unspecified atom stereocenters. The summed E-state index contributed by atoms with van der Waals surface area (Å²) in [7, 11) is 4.11. The minimum atomic E-state index is 0.0773. The molecule has 5 rings (SSSR count). The Hall–Kier alpha value is -3.59. The number of anilines is 1. The molecule has 0 fully saturated rings. The van der Waals surface area contributed by atoms with E-state index < -0.39 is 0 Å². The van der Waals surface area contributed by atoms with Gasteiger partial charge in [-0.1, -0.05) is 71.9 Å². The van der Waals surface area contributed by atoms with Crippen molar-refractivity contribution in [2.24, 2.45) is 0 Å². The van der Waals surface area contributed by atoms with E-state index in [0.717, 1.165) is 22.8 Å². The van der Waals surface area contributed by atoms with Gasteiger partial charge in [-0.3, -0.25) is 4.98 Å². The van der Waals surface area contributed by atoms with Crippen LogP contribution in [0.3, 0.4) is 0 Å². The summed E-state index contributed by atoms with van der Waals surface area (Å²) in [5.41, 5.74) is 8.35. The largest absolute Gasteiger partial charge is 0.378 e. The molecule has 0 spiro atoms. The van der Waals surface area contributed by atoms with E-state index in [-0.39, 0.29) is 10.8 Å². The number of rotatable bonds is 3. The molecule has 0 saturated heterocycles. The molecule has 3 aromatic carbocycles. The highest BCUT2D eigenvalue weighted by molar-refractivity contribution is 6.12. The van der Waals surface area contributed by atoms with Gasteiger partial charge in [-0.05, 0) is 79.9 Å². The number of H-pyrrole nitrogens is 1. The summed E-state index contributed by atoms with van der Waals surface area (Å²) in [5, 5.41) is 5.09. The van der Waals surface area contributed by atoms with Crippen LogP contribution >= 0.6 is 0 Å². The number of fused-ring (bicyclic) bond motifs is 2. The maximum Gasteiger partial charge on any atom is 0.0885 e. The molecule has 2 aromatic heterocycles. The highest BCUT2D eigenvalue weighted by Gasteiger charge is 2.20. The molecule has 0 aliphatic carbocycles. The molecule has 0 saturated carbocycles. The second-order valence-corrected chi connectivity index (χ2v) is 12.2. The van der Waals surface area contributed by atoms with Gasteiger partial charge in [0.05, 0.1) is 11.4 Å². The summed E-state index contributed by atoms with van der Waals surface area (Å²) in [5.74, 6) is 0. The van der Waals surface area contributed by atoms with Gasteiger partial charge >= 0.3 is 0 Å². The van der Waals surface area contributed by atoms with Gasteiger partial charge in [-0.15, -0.1) is 0 Å². The zero-order chi connectivity index (χ0) is 25.8. The van der Waals surface area contributed by atoms with Crippen LogP contribution < -0.4 is 4.90 Å². The lowest BCUT2D eigenvalue weighted by Gasteiger charge is -2.22. The molecule has 1 N–H and O–H groups in total. The maximum absolute atomic E-state index is 4.65. The van der Waals surface area contributed by atoms with Gasteiger partial charge in [-0.2, -0.15) is 0 Å². The standard InChI is InChI=1S/C33H37N3/c1-32(2,3)23-11-12-26-22(18-23)17-21-9-10-24(33(4,5)6)19-27(21)31(26)29-14-13-28(35-29)30-20-25(36(7)8)15-16-34-30/h9-20,35H,1-8H3. The average Bonchev–Trinajstić information content (AvgIpc) is 3.30. The van der Waals surface area contributed by atoms with Gasteiger partial charge in [0.2, 0.25) is 0 Å². The highest BCUT2D eigenvalue weighted by atomic mass is 15.1. The molecule has 184 valence electrons. The normalized spacial score (nSPS) is 12.4. The molecule has 36 heavy (non-hydrogen) atoms. The molecule has 0 atom stereocenters. The third-order valence-electron chi connectivity index (χ3n) is 7.18. The van der Waals surface area contributed by atoms with E-state index in [1.165, 1.54) is 38.2 Å². The van der Waals surface area contributed by atoms with Crippen LogP contribution in [-0.4, -0.2) is 24.1 Å². The summed E-state index contributed by atoms with van der Waals surface area (Å²) in [6.45, 7) is 13.7. The smallest absolute Gasteiger partial charge is 0.0885 e. The molecule has 0 bridgehead atoms. The Morgan fingerprint density at radius 2 is 1.31 bits per heavy atom. The van der Waals surface area contributed by atoms with Crippen LogP contribution in [0.25, 0.3) is 44.2 Å². The quantitative estimate of drug-likeness (QED) is 0.265. The lowest BCUT2D eigenvalue weighted by molar-refractivity contribution is 0.590. The molecule has 2 heterocycles. The van der Waals surface area contributed by atoms with Crippen molar-refractivity contribution < 1.29 is 0 Å². The zero-order valence-corrected chi connectivity index (χ0v) is 22.8. The lowest BCUT2D eigenvalue weighted by atomic mass is 9.82. The number of nitrogens with zero attached hydrogens (tertiary/aromatic N) is 2. The van der Waals surface area contributed by atoms with Crippen molar-refractivity contribution in [1.82, 2.24) is 9.97 Å². The topological polar surface area (TPSA) is 31.9 Å². The molecule has 0 aliphatic rings. The second kappa shape index (κ2) is 8.51. The first kappa shape index (κ1) is 24.1. The first-order valence-corrected chi connectivity index (χ1v) is 12.8. The number of aromatic amines is 1. The maximum atomic E-state index is 4.65. The van der Waals surface area contributed by atoms with Gasteiger partial charge < -0.3 is 9.88 Å². The summed E-state index contributed by atoms with van der Waals surface area (Å²) >= 11 is 0. The fourth-order valence-electron chi connectivity index (χ4n) is 4.88. The molecular formula is C33H37N3. The predicted molar refractivity (Wildman–Crippen MR) is 156 cm³/mol. The molecule has 0 aliphatic heterocycles. The molecular weight excluding hydrogens is 438 g/mol. The zero-order valence-electron chi connectivity index (χ0n) is 22.8. The molecule has 5 aromatic rings. The van der Waals surface area contributed by atoms with E-state index in [1.54, 1.807) is 0 Å². The molecule has 3 heteroatoms. The number of aromatic nitrogens is 2. The first-order chi connectivity index (χ1) is 16.9. The minimum Gasteiger partial charge on any atom is -0.378 e. The fraction of sp³-hybridized carbons (Fsp3) is 0.303. The number of benzene rings is 3. The van der Waals surface area contributed by atoms with Gasteiger partial charge in [0.1, 0.15) is 0 Å². The van der Waals surface area contributed by atoms with Crippen LogP contribution in [0.2, 0.25) is 0 Å². The Balaban J connectivity index is 1.77. The number of pyridine rings is 1. The van der Waals surface area contributed by atoms with E-state index in [2.05, 4.69) is 131 Å². The Labute approximate surface area is 215 Å². The monoisotopic (exact) mass is 475 g/mol. The van der Waals surface area contributed by atoms with Crippen molar-refractivity contribution in [2.45, 2.75) is 52.4 Å². The SMILES string of the molecule is CN(C)c1ccnc(-c2ccc(-c3c4ccc(C(C)(C)C)cc4cc4ccc(C(C)(C)C)cc34)[nH]2)c1. The van der Waals surface area contributed by atoms with Crippen molar-refractivity contribution in [3.05, 3.63) is 84.1 Å². The Morgan fingerprint density at radius 1 is 0.639 bits per heavy atom. The first-order valence-electron chi connectivity index (χ1n) is 12.8. The van der Waals surface area contributed by atoms with Crippen molar-refractivity contribution in [3.8, 4) is 22.6 Å². The third kappa shape index (κ3) is 4.39. The van der Waals surface area contributed by atoms with Crippen LogP contribution in [0.15, 0.2) is 72.9 Å². The molecule has 0 amide bonds. The Kier molecular flexibility index (Phi) is 5.70. The van der Waals surface area contributed by atoms with Crippen LogP contribution in [0.1, 0.15) is 52.7 Å². The van der Waals surface area contributed by atoms with Gasteiger partial charge in [-0.25, -0.2) is 0 Å². The van der Waals surface area contributed by atoms with Crippen LogP contribution in [-0.2, 0) is 10.8 Å². The van der Waals surface area contributed by atoms with Gasteiger partial charge in [0, 0.05) is 37.2 Å². The third-order valence-corrected chi connectivity index (χ3v) is 7.18. The van der Waals surface area contributed by atoms with E-state index in [9.17, 15) is 0 Å². The van der Waals surface area contributed by atoms with E-state index in [0.29, 0.717) is 0 Å². The average molecular weight is 476 g/mol. The van der Waals surface area contributed by atoms with Gasteiger partial charge in [0.25, 0.3) is 0 Å². The van der Waals surface area contributed by atoms with Crippen LogP contribution in [0, 0.1) is 0 Å². The summed E-state index contributed by atoms with van der Waals surface area (Å²) in [6.07, 6.45) is 1.88. The summed E-state index contributed by atoms with van der Waals surface area (Å²) < 4.78 is 0. The van der Waals surface area contributed by atoms with E-state index in [4.69, 9.17) is 0 Å². The van der Waals surface area contributed by atoms with Crippen molar-refractivity contribution >= 4 is 27.2 Å². The predicted octanol–water partition coefficient (Wildman–Crippen LogP) is 8.71. The van der Waals surface area contributed by atoms with Crippen molar-refractivity contribution in [2.75, 3.05) is 19.0 Å². The second-order valence-electron chi connectivity index (χ2n) is 12.2. The highest BCUT2D eigenvalue weighted by Crippen LogP contribution is 2.40. The number of hydrogen-bond acceptors (Lipinski definition) is 2. The minimum absolute atomic E-state index is 0.0773. The van der Waals surface area contributed by atoms with E-state index >= 15 is 0 Å². The van der Waals surface area contributed by atoms with E-state index in [1.807, 2.05) is 12.3 Å². The van der Waals surface area contributed by atoms with Crippen molar-refractivity contribution in [3.63, 3.8) is 0 Å². The Bertz CT molecular complexity index is 1570. The molecule has 0 radical (unpaired) electrons. The Morgan fingerprint density at radius 3 is 2.00 bits per heavy atom. The lowest BCUT2D eigenvalue weighted by Crippen LogP contribution is -2.11. The van der Waals surface area contributed by atoms with Crippen LogP contribution in [0.4, 0.5) is 5.69 Å². The number of hydrogen-bond donors (Lipinski definition) is 1. The van der Waals surface area contributed by atoms with Crippen LogP contribution in [0.5, 0.6) is 0 Å². The molecule has 3 nitrogen and oxygen atoms in total. The summed E-state index contributed by atoms with van der Waals surface area (Å²) in [4.78, 5) is 10.5. The van der Waals surface area contributed by atoms with Gasteiger partial charge in [0.15, 0.2) is 0 Å². The van der Waals surface area contributed by atoms with Crippen molar-refractivity contribution in [1.29, 1.82) is 0 Å². The number of nitrogens with one attached hydrogen (secondary N) is 1. The fourth-order valence-corrected chi connectivity index (χ4v) is 4.88.